The lowest BCUT2D eigenvalue weighted by molar-refractivity contribution is 0.0909. The van der Waals surface area contributed by atoms with Gasteiger partial charge in [0.2, 0.25) is 5.09 Å². The Morgan fingerprint density at radius 1 is 1.37 bits per heavy atom. The second-order valence-electron chi connectivity index (χ2n) is 4.42. The molecule has 0 fully saturated rings. The van der Waals surface area contributed by atoms with E-state index in [-0.39, 0.29) is 12.3 Å². The van der Waals surface area contributed by atoms with Crippen LogP contribution in [0.5, 0.6) is 0 Å². The molecule has 1 rings (SSSR count). The molecule has 1 heterocycles. The van der Waals surface area contributed by atoms with Crippen LogP contribution >= 0.6 is 0 Å². The summed E-state index contributed by atoms with van der Waals surface area (Å²) in [6.07, 6.45) is 1.43. The molecule has 0 bridgehead atoms. The fourth-order valence-corrected chi connectivity index (χ4v) is 1.90. The van der Waals surface area contributed by atoms with Gasteiger partial charge in [-0.2, -0.15) is 0 Å². The van der Waals surface area contributed by atoms with Gasteiger partial charge in [0.15, 0.2) is 5.76 Å². The van der Waals surface area contributed by atoms with Crippen molar-refractivity contribution < 1.29 is 17.6 Å². The van der Waals surface area contributed by atoms with Gasteiger partial charge >= 0.3 is 0 Å². The summed E-state index contributed by atoms with van der Waals surface area (Å²) >= 11 is 0. The van der Waals surface area contributed by atoms with Gasteiger partial charge in [-0.1, -0.05) is 13.8 Å². The highest BCUT2D eigenvalue weighted by Crippen LogP contribution is 2.13. The van der Waals surface area contributed by atoms with Gasteiger partial charge in [0.05, 0.1) is 0 Å². The van der Waals surface area contributed by atoms with Gasteiger partial charge in [-0.25, -0.2) is 13.6 Å². The molecule has 0 aliphatic heterocycles. The molecule has 8 heteroatoms. The zero-order valence-electron chi connectivity index (χ0n) is 11.0. The molecule has 0 atom stereocenters. The van der Waals surface area contributed by atoms with Crippen molar-refractivity contribution in [1.82, 2.24) is 5.32 Å². The van der Waals surface area contributed by atoms with E-state index in [1.165, 1.54) is 6.07 Å². The molecule has 7 nitrogen and oxygen atoms in total. The van der Waals surface area contributed by atoms with E-state index in [2.05, 4.69) is 5.32 Å². The minimum absolute atomic E-state index is 0.112. The van der Waals surface area contributed by atoms with Crippen LogP contribution in [0.25, 0.3) is 0 Å². The third kappa shape index (κ3) is 4.05. The molecule has 5 N–H and O–H groups in total. The van der Waals surface area contributed by atoms with Gasteiger partial charge in [0, 0.05) is 12.1 Å². The van der Waals surface area contributed by atoms with Crippen molar-refractivity contribution >= 4 is 15.9 Å². The topological polar surface area (TPSA) is 128 Å². The van der Waals surface area contributed by atoms with Gasteiger partial charge in [0.25, 0.3) is 15.9 Å². The lowest BCUT2D eigenvalue weighted by atomic mass is 9.94. The SMILES string of the molecule is CCC(N)(CC)CNC(=O)c1ccc(S(N)(=O)=O)o1. The van der Waals surface area contributed by atoms with Gasteiger partial charge in [-0.15, -0.1) is 0 Å². The van der Waals surface area contributed by atoms with Crippen molar-refractivity contribution in [2.45, 2.75) is 37.3 Å². The maximum atomic E-state index is 11.8. The largest absolute Gasteiger partial charge is 0.438 e. The van der Waals surface area contributed by atoms with E-state index in [9.17, 15) is 13.2 Å². The molecule has 1 aromatic rings. The second-order valence-corrected chi connectivity index (χ2v) is 5.91. The van der Waals surface area contributed by atoms with Crippen LogP contribution in [0.1, 0.15) is 37.2 Å². The molecular formula is C11H19N3O4S. The Kier molecular flexibility index (Phi) is 4.72. The predicted molar refractivity (Wildman–Crippen MR) is 69.9 cm³/mol. The Balaban J connectivity index is 2.72. The zero-order valence-corrected chi connectivity index (χ0v) is 11.8. The van der Waals surface area contributed by atoms with Crippen LogP contribution in [-0.2, 0) is 10.0 Å². The van der Waals surface area contributed by atoms with Crippen molar-refractivity contribution in [2.24, 2.45) is 10.9 Å². The van der Waals surface area contributed by atoms with Crippen LogP contribution in [0.15, 0.2) is 21.6 Å². The van der Waals surface area contributed by atoms with Crippen LogP contribution in [0, 0.1) is 0 Å². The zero-order chi connectivity index (χ0) is 14.7. The number of rotatable bonds is 6. The van der Waals surface area contributed by atoms with E-state index in [0.29, 0.717) is 12.8 Å². The number of hydrogen-bond donors (Lipinski definition) is 3. The van der Waals surface area contributed by atoms with Crippen LogP contribution in [0.3, 0.4) is 0 Å². The van der Waals surface area contributed by atoms with E-state index in [4.69, 9.17) is 15.3 Å². The minimum Gasteiger partial charge on any atom is -0.438 e. The monoisotopic (exact) mass is 289 g/mol. The van der Waals surface area contributed by atoms with Crippen molar-refractivity contribution in [3.63, 3.8) is 0 Å². The molecule has 0 aromatic carbocycles. The van der Waals surface area contributed by atoms with Crippen LogP contribution < -0.4 is 16.2 Å². The number of sulfonamides is 1. The molecule has 0 saturated carbocycles. The van der Waals surface area contributed by atoms with Crippen molar-refractivity contribution in [3.05, 3.63) is 17.9 Å². The number of amides is 1. The molecule has 19 heavy (non-hydrogen) atoms. The number of carbonyl (C=O) groups is 1. The third-order valence-electron chi connectivity index (χ3n) is 3.09. The third-order valence-corrected chi connectivity index (χ3v) is 3.88. The maximum Gasteiger partial charge on any atom is 0.287 e. The Morgan fingerprint density at radius 3 is 2.37 bits per heavy atom. The summed E-state index contributed by atoms with van der Waals surface area (Å²) < 4.78 is 26.9. The maximum absolute atomic E-state index is 11.8. The van der Waals surface area contributed by atoms with Crippen molar-refractivity contribution in [3.8, 4) is 0 Å². The molecule has 1 aromatic heterocycles. The normalized spacial score (nSPS) is 12.4. The Bertz CT molecular complexity index is 546. The van der Waals surface area contributed by atoms with Crippen LogP contribution in [-0.4, -0.2) is 26.4 Å². The molecule has 0 radical (unpaired) electrons. The Hall–Kier alpha value is -1.38. The number of primary sulfonamides is 1. The van der Waals surface area contributed by atoms with Crippen LogP contribution in [0.2, 0.25) is 0 Å². The van der Waals surface area contributed by atoms with E-state index < -0.39 is 26.6 Å². The van der Waals surface area contributed by atoms with E-state index in [1.807, 2.05) is 13.8 Å². The first-order valence-corrected chi connectivity index (χ1v) is 7.46. The van der Waals surface area contributed by atoms with E-state index in [0.717, 1.165) is 6.07 Å². The minimum atomic E-state index is -3.94. The van der Waals surface area contributed by atoms with Gasteiger partial charge in [0.1, 0.15) is 0 Å². The van der Waals surface area contributed by atoms with Gasteiger partial charge < -0.3 is 15.5 Å². The van der Waals surface area contributed by atoms with Crippen molar-refractivity contribution in [1.29, 1.82) is 0 Å². The first kappa shape index (κ1) is 15.7. The highest BCUT2D eigenvalue weighted by molar-refractivity contribution is 7.89. The molecule has 0 aliphatic carbocycles. The number of nitrogens with two attached hydrogens (primary N) is 2. The fourth-order valence-electron chi connectivity index (χ4n) is 1.44. The lowest BCUT2D eigenvalue weighted by Gasteiger charge is -2.26. The Morgan fingerprint density at radius 2 is 1.95 bits per heavy atom. The number of furan rings is 1. The van der Waals surface area contributed by atoms with Crippen LogP contribution in [0.4, 0.5) is 0 Å². The summed E-state index contributed by atoms with van der Waals surface area (Å²) in [7, 11) is -3.94. The summed E-state index contributed by atoms with van der Waals surface area (Å²) in [4.78, 5) is 11.8. The summed E-state index contributed by atoms with van der Waals surface area (Å²) in [6, 6.07) is 2.39. The highest BCUT2D eigenvalue weighted by atomic mass is 32.2. The molecule has 0 saturated heterocycles. The number of hydrogen-bond acceptors (Lipinski definition) is 5. The quantitative estimate of drug-likeness (QED) is 0.687. The first-order chi connectivity index (χ1) is 8.72. The van der Waals surface area contributed by atoms with Gasteiger partial charge in [-0.3, -0.25) is 4.79 Å². The molecule has 0 aliphatic rings. The molecule has 1 amide bonds. The molecule has 108 valence electrons. The van der Waals surface area contributed by atoms with E-state index >= 15 is 0 Å². The first-order valence-electron chi connectivity index (χ1n) is 5.91. The predicted octanol–water partition coefficient (Wildman–Crippen LogP) is 0.174. The summed E-state index contributed by atoms with van der Waals surface area (Å²) in [5.41, 5.74) is 5.56. The smallest absolute Gasteiger partial charge is 0.287 e. The summed E-state index contributed by atoms with van der Waals surface area (Å²) in [5.74, 6) is -0.634. The van der Waals surface area contributed by atoms with Crippen molar-refractivity contribution in [2.75, 3.05) is 6.54 Å². The fraction of sp³-hybridized carbons (Fsp3) is 0.545. The summed E-state index contributed by atoms with van der Waals surface area (Å²) in [5, 5.41) is 7.05. The number of carbonyl (C=O) groups excluding carboxylic acids is 1. The van der Waals surface area contributed by atoms with Gasteiger partial charge in [-0.05, 0) is 25.0 Å². The average Bonchev–Trinajstić information content (AvgIpc) is 2.85. The number of nitrogens with one attached hydrogen (secondary N) is 1. The van der Waals surface area contributed by atoms with E-state index in [1.54, 1.807) is 0 Å². The second kappa shape index (κ2) is 5.72. The Labute approximate surface area is 112 Å². The average molecular weight is 289 g/mol. The molecule has 0 unspecified atom stereocenters. The summed E-state index contributed by atoms with van der Waals surface area (Å²) in [6.45, 7) is 4.15. The lowest BCUT2D eigenvalue weighted by Crippen LogP contribution is -2.49. The standard InChI is InChI=1S/C11H19N3O4S/c1-3-11(12,4-2)7-14-10(15)8-5-6-9(18-8)19(13,16)17/h5-6H,3-4,7,12H2,1-2H3,(H,14,15)(H2,13,16,17). The molecular weight excluding hydrogens is 270 g/mol. The molecule has 0 spiro atoms. The highest BCUT2D eigenvalue weighted by Gasteiger charge is 2.23.